The zero-order valence-electron chi connectivity index (χ0n) is 16.9. The van der Waals surface area contributed by atoms with E-state index in [9.17, 15) is 0 Å². The van der Waals surface area contributed by atoms with Gasteiger partial charge in [0.05, 0.1) is 19.1 Å². The molecular formula is C21H35ClN3S+. The summed E-state index contributed by atoms with van der Waals surface area (Å²) in [6.07, 6.45) is 3.58. The zero-order chi connectivity index (χ0) is 19.3. The Kier molecular flexibility index (Phi) is 8.18. The van der Waals surface area contributed by atoms with Gasteiger partial charge in [0.25, 0.3) is 0 Å². The highest BCUT2D eigenvalue weighted by molar-refractivity contribution is 7.80. The predicted octanol–water partition coefficient (Wildman–Crippen LogP) is 4.15. The van der Waals surface area contributed by atoms with Crippen LogP contribution in [0.3, 0.4) is 0 Å². The number of likely N-dealkylation sites (tertiary alicyclic amines) is 1. The number of halogens is 1. The average Bonchev–Trinajstić information content (AvgIpc) is 2.59. The molecule has 146 valence electrons. The van der Waals surface area contributed by atoms with Crippen LogP contribution in [0.4, 0.5) is 5.69 Å². The number of nitrogens with one attached hydrogen (secondary N) is 2. The summed E-state index contributed by atoms with van der Waals surface area (Å²) in [6, 6.07) is 7.20. The van der Waals surface area contributed by atoms with Crippen LogP contribution < -0.4 is 10.2 Å². The van der Waals surface area contributed by atoms with Gasteiger partial charge in [-0.1, -0.05) is 31.5 Å². The van der Waals surface area contributed by atoms with Crippen molar-refractivity contribution in [2.45, 2.75) is 66.0 Å². The van der Waals surface area contributed by atoms with E-state index < -0.39 is 0 Å². The van der Waals surface area contributed by atoms with Crippen molar-refractivity contribution in [1.82, 2.24) is 4.90 Å². The normalized spacial score (nSPS) is 20.5. The van der Waals surface area contributed by atoms with Gasteiger partial charge >= 0.3 is 0 Å². The van der Waals surface area contributed by atoms with Gasteiger partial charge < -0.3 is 15.1 Å². The van der Waals surface area contributed by atoms with Crippen LogP contribution in [0.5, 0.6) is 0 Å². The molecule has 1 aliphatic heterocycles. The standard InChI is InChI=1S/C21H34ClN3S/c1-15(2)9-14-25(18-10-12-24(13-11-18)16(3)4)21(26)23-20-8-6-7-19(22)17(20)5/h6-8,15-16,18H,9-14H2,1-5H3,(H,23,26)/p+1. The fraction of sp³-hybridized carbons (Fsp3) is 0.667. The minimum Gasteiger partial charge on any atom is -0.346 e. The molecule has 1 fully saturated rings. The first-order valence-electron chi connectivity index (χ1n) is 9.97. The van der Waals surface area contributed by atoms with Crippen molar-refractivity contribution in [1.29, 1.82) is 0 Å². The monoisotopic (exact) mass is 396 g/mol. The smallest absolute Gasteiger partial charge is 0.173 e. The van der Waals surface area contributed by atoms with E-state index in [1.165, 1.54) is 25.9 Å². The van der Waals surface area contributed by atoms with E-state index in [2.05, 4.69) is 44.0 Å². The number of anilines is 1. The maximum Gasteiger partial charge on any atom is 0.173 e. The lowest BCUT2D eigenvalue weighted by atomic mass is 10.0. The largest absolute Gasteiger partial charge is 0.346 e. The summed E-state index contributed by atoms with van der Waals surface area (Å²) in [5.74, 6) is 0.676. The highest BCUT2D eigenvalue weighted by atomic mass is 35.5. The second-order valence-corrected chi connectivity index (χ2v) is 9.06. The van der Waals surface area contributed by atoms with E-state index in [-0.39, 0.29) is 0 Å². The molecule has 0 bridgehead atoms. The van der Waals surface area contributed by atoms with Crippen LogP contribution in [0, 0.1) is 12.8 Å². The highest BCUT2D eigenvalue weighted by Crippen LogP contribution is 2.24. The molecule has 0 radical (unpaired) electrons. The molecule has 1 saturated heterocycles. The van der Waals surface area contributed by atoms with Crippen LogP contribution in [-0.2, 0) is 0 Å². The van der Waals surface area contributed by atoms with Crippen molar-refractivity contribution in [2.24, 2.45) is 5.92 Å². The minimum atomic E-state index is 0.538. The zero-order valence-corrected chi connectivity index (χ0v) is 18.5. The molecule has 5 heteroatoms. The van der Waals surface area contributed by atoms with Crippen LogP contribution >= 0.6 is 23.8 Å². The summed E-state index contributed by atoms with van der Waals surface area (Å²) in [7, 11) is 0. The Bertz CT molecular complexity index is 595. The van der Waals surface area contributed by atoms with Gasteiger partial charge in [-0.15, -0.1) is 0 Å². The molecule has 1 aliphatic rings. The molecule has 2 N–H and O–H groups in total. The lowest BCUT2D eigenvalue weighted by molar-refractivity contribution is -0.926. The summed E-state index contributed by atoms with van der Waals surface area (Å²) in [5, 5.41) is 5.09. The molecule has 1 heterocycles. The van der Waals surface area contributed by atoms with Gasteiger partial charge in [0.2, 0.25) is 0 Å². The molecule has 0 atom stereocenters. The van der Waals surface area contributed by atoms with Gasteiger partial charge in [0.1, 0.15) is 0 Å². The molecule has 3 nitrogen and oxygen atoms in total. The molecular weight excluding hydrogens is 362 g/mol. The molecule has 0 aromatic heterocycles. The van der Waals surface area contributed by atoms with Gasteiger partial charge in [-0.3, -0.25) is 0 Å². The molecule has 0 unspecified atom stereocenters. The first-order valence-corrected chi connectivity index (χ1v) is 10.8. The third kappa shape index (κ3) is 5.83. The van der Waals surface area contributed by atoms with Crippen LogP contribution in [0.25, 0.3) is 0 Å². The molecule has 0 aliphatic carbocycles. The van der Waals surface area contributed by atoms with Crippen LogP contribution in [0.1, 0.15) is 52.5 Å². The number of thiocarbonyl (C=S) groups is 1. The van der Waals surface area contributed by atoms with Crippen molar-refractivity contribution in [3.63, 3.8) is 0 Å². The Morgan fingerprint density at radius 2 is 1.92 bits per heavy atom. The second-order valence-electron chi connectivity index (χ2n) is 8.26. The Morgan fingerprint density at radius 3 is 2.50 bits per heavy atom. The van der Waals surface area contributed by atoms with Crippen LogP contribution in [0.15, 0.2) is 18.2 Å². The van der Waals surface area contributed by atoms with Crippen LogP contribution in [0.2, 0.25) is 5.02 Å². The van der Waals surface area contributed by atoms with Gasteiger partial charge in [-0.05, 0) is 63.0 Å². The van der Waals surface area contributed by atoms with Gasteiger partial charge in [-0.25, -0.2) is 0 Å². The van der Waals surface area contributed by atoms with Crippen LogP contribution in [-0.4, -0.2) is 41.7 Å². The predicted molar refractivity (Wildman–Crippen MR) is 117 cm³/mol. The maximum atomic E-state index is 6.27. The summed E-state index contributed by atoms with van der Waals surface area (Å²) in [4.78, 5) is 4.15. The van der Waals surface area contributed by atoms with Crippen molar-refractivity contribution < 1.29 is 4.90 Å². The Morgan fingerprint density at radius 1 is 1.27 bits per heavy atom. The van der Waals surface area contributed by atoms with Crippen molar-refractivity contribution in [2.75, 3.05) is 25.0 Å². The molecule has 0 spiro atoms. The molecule has 26 heavy (non-hydrogen) atoms. The van der Waals surface area contributed by atoms with Gasteiger partial charge in [0, 0.05) is 36.1 Å². The first kappa shape index (κ1) is 21.5. The van der Waals surface area contributed by atoms with Crippen molar-refractivity contribution in [3.8, 4) is 0 Å². The highest BCUT2D eigenvalue weighted by Gasteiger charge is 2.29. The van der Waals surface area contributed by atoms with Crippen molar-refractivity contribution in [3.05, 3.63) is 28.8 Å². The summed E-state index contributed by atoms with van der Waals surface area (Å²) >= 11 is 12.1. The fourth-order valence-electron chi connectivity index (χ4n) is 3.64. The molecule has 2 rings (SSSR count). The average molecular weight is 397 g/mol. The first-order chi connectivity index (χ1) is 12.3. The van der Waals surface area contributed by atoms with E-state index in [0.717, 1.165) is 34.4 Å². The quantitative estimate of drug-likeness (QED) is 0.704. The Labute approximate surface area is 170 Å². The number of benzene rings is 1. The number of nitrogens with zero attached hydrogens (tertiary/aromatic N) is 1. The van der Waals surface area contributed by atoms with Crippen molar-refractivity contribution >= 4 is 34.6 Å². The molecule has 0 saturated carbocycles. The summed E-state index contributed by atoms with van der Waals surface area (Å²) in [6.45, 7) is 14.7. The molecule has 1 aromatic carbocycles. The molecule has 0 amide bonds. The maximum absolute atomic E-state index is 6.27. The number of piperidine rings is 1. The SMILES string of the molecule is Cc1c(Cl)cccc1NC(=S)N(CCC(C)C)C1CC[NH+](C(C)C)CC1. The topological polar surface area (TPSA) is 19.7 Å². The number of hydrogen-bond donors (Lipinski definition) is 2. The van der Waals surface area contributed by atoms with E-state index in [1.54, 1.807) is 4.90 Å². The third-order valence-electron chi connectivity index (χ3n) is 5.57. The summed E-state index contributed by atoms with van der Waals surface area (Å²) in [5.41, 5.74) is 2.07. The lowest BCUT2D eigenvalue weighted by Crippen LogP contribution is -3.16. The Hall–Kier alpha value is -0.840. The van der Waals surface area contributed by atoms with E-state index in [4.69, 9.17) is 23.8 Å². The fourth-order valence-corrected chi connectivity index (χ4v) is 4.16. The molecule has 1 aromatic rings. The number of hydrogen-bond acceptors (Lipinski definition) is 1. The Balaban J connectivity index is 2.08. The van der Waals surface area contributed by atoms with Gasteiger partial charge in [0.15, 0.2) is 5.11 Å². The van der Waals surface area contributed by atoms with E-state index in [0.29, 0.717) is 18.0 Å². The van der Waals surface area contributed by atoms with E-state index >= 15 is 0 Å². The lowest BCUT2D eigenvalue weighted by Gasteiger charge is -2.39. The third-order valence-corrected chi connectivity index (χ3v) is 6.32. The second kappa shape index (κ2) is 9.91. The van der Waals surface area contributed by atoms with Gasteiger partial charge in [-0.2, -0.15) is 0 Å². The number of quaternary nitrogens is 1. The summed E-state index contributed by atoms with van der Waals surface area (Å²) < 4.78 is 0. The minimum absolute atomic E-state index is 0.538. The number of rotatable bonds is 6. The van der Waals surface area contributed by atoms with E-state index in [1.807, 2.05) is 19.1 Å².